The second-order valence-corrected chi connectivity index (χ2v) is 8.26. The van der Waals surface area contributed by atoms with Crippen molar-refractivity contribution >= 4 is 5.91 Å². The lowest BCUT2D eigenvalue weighted by atomic mass is 9.81. The molecule has 3 nitrogen and oxygen atoms in total. The molecule has 2 aliphatic carbocycles. The van der Waals surface area contributed by atoms with Gasteiger partial charge in [0.15, 0.2) is 0 Å². The molecule has 0 spiro atoms. The fraction of sp³-hybridized carbons (Fsp3) is 0.458. The van der Waals surface area contributed by atoms with E-state index < -0.39 is 5.67 Å². The van der Waals surface area contributed by atoms with Crippen LogP contribution in [-0.2, 0) is 4.79 Å². The van der Waals surface area contributed by atoms with E-state index in [1.54, 1.807) is 38.9 Å². The van der Waals surface area contributed by atoms with Crippen molar-refractivity contribution in [2.45, 2.75) is 38.8 Å². The Kier molecular flexibility index (Phi) is 7.61. The Labute approximate surface area is 169 Å². The Balaban J connectivity index is 2.13. The largest absolute Gasteiger partial charge is 0.390 e. The lowest BCUT2D eigenvalue weighted by Crippen LogP contribution is -2.35. The van der Waals surface area contributed by atoms with Gasteiger partial charge in [0.05, 0.1) is 12.5 Å². The molecule has 0 saturated heterocycles. The number of hydrogen-bond donors (Lipinski definition) is 1. The molecule has 0 radical (unpaired) electrons. The molecule has 1 N–H and O–H groups in total. The standard InChI is InChI=1S/C24H33FN2O/c1-18(26-4)17-27(5)23(28)22(11-8-14-24(2,3)25)16-19-12-13-20-9-6-7-10-21(20)15-19/h6-13,21-22,26H,1,14-17H2,2-5H3/b11-8+. The number of fused-ring (bicyclic) bond motifs is 1. The molecule has 2 unspecified atom stereocenters. The van der Waals surface area contributed by atoms with E-state index in [1.165, 1.54) is 11.1 Å². The van der Waals surface area contributed by atoms with Gasteiger partial charge in [-0.2, -0.15) is 0 Å². The molecular weight excluding hydrogens is 351 g/mol. The van der Waals surface area contributed by atoms with Crippen LogP contribution in [0.15, 0.2) is 72.0 Å². The van der Waals surface area contributed by atoms with Crippen molar-refractivity contribution in [2.75, 3.05) is 20.6 Å². The van der Waals surface area contributed by atoms with Crippen LogP contribution in [0.2, 0.25) is 0 Å². The van der Waals surface area contributed by atoms with Crippen LogP contribution in [0, 0.1) is 11.8 Å². The molecule has 2 rings (SSSR count). The maximum Gasteiger partial charge on any atom is 0.229 e. The van der Waals surface area contributed by atoms with E-state index in [1.807, 2.05) is 6.08 Å². The highest BCUT2D eigenvalue weighted by molar-refractivity contribution is 5.81. The zero-order valence-corrected chi connectivity index (χ0v) is 17.5. The fourth-order valence-corrected chi connectivity index (χ4v) is 3.44. The molecular formula is C24H33FN2O. The van der Waals surface area contributed by atoms with Gasteiger partial charge in [-0.1, -0.05) is 60.8 Å². The van der Waals surface area contributed by atoms with E-state index in [0.29, 0.717) is 25.3 Å². The first-order valence-corrected chi connectivity index (χ1v) is 9.90. The number of rotatable bonds is 9. The summed E-state index contributed by atoms with van der Waals surface area (Å²) in [6.45, 7) is 7.46. The number of alkyl halides is 1. The number of likely N-dealkylation sites (N-methyl/N-ethyl adjacent to an activating group) is 2. The lowest BCUT2D eigenvalue weighted by molar-refractivity contribution is -0.132. The summed E-state index contributed by atoms with van der Waals surface area (Å²) in [5, 5.41) is 2.98. The molecule has 4 heteroatoms. The Hall–Kier alpha value is -2.36. The first-order chi connectivity index (χ1) is 13.2. The summed E-state index contributed by atoms with van der Waals surface area (Å²) in [5.41, 5.74) is 2.06. The summed E-state index contributed by atoms with van der Waals surface area (Å²) >= 11 is 0. The summed E-state index contributed by atoms with van der Waals surface area (Å²) in [4.78, 5) is 14.7. The second-order valence-electron chi connectivity index (χ2n) is 8.26. The first kappa shape index (κ1) is 21.9. The van der Waals surface area contributed by atoms with Gasteiger partial charge in [-0.05, 0) is 38.7 Å². The molecule has 2 atom stereocenters. The van der Waals surface area contributed by atoms with Gasteiger partial charge in [-0.15, -0.1) is 0 Å². The van der Waals surface area contributed by atoms with Crippen LogP contribution >= 0.6 is 0 Å². The summed E-state index contributed by atoms with van der Waals surface area (Å²) in [6.07, 6.45) is 18.3. The number of hydrogen-bond acceptors (Lipinski definition) is 2. The van der Waals surface area contributed by atoms with Crippen LogP contribution in [0.3, 0.4) is 0 Å². The normalized spacial score (nSPS) is 19.7. The highest BCUT2D eigenvalue weighted by atomic mass is 19.1. The number of nitrogens with one attached hydrogen (secondary N) is 1. The summed E-state index contributed by atoms with van der Waals surface area (Å²) in [6, 6.07) is 0. The van der Waals surface area contributed by atoms with Gasteiger partial charge in [0, 0.05) is 25.7 Å². The lowest BCUT2D eigenvalue weighted by Gasteiger charge is -2.27. The SMILES string of the molecule is C=C(CN(C)C(=O)C(/C=C/CC(C)(C)F)CC1=CC=C2C=CC=CC2C1)NC. The molecule has 0 fully saturated rings. The van der Waals surface area contributed by atoms with Crippen LogP contribution in [0.5, 0.6) is 0 Å². The zero-order valence-electron chi connectivity index (χ0n) is 17.5. The van der Waals surface area contributed by atoms with E-state index in [4.69, 9.17) is 0 Å². The number of amides is 1. The maximum atomic E-state index is 13.9. The Morgan fingerprint density at radius 2 is 2.18 bits per heavy atom. The van der Waals surface area contributed by atoms with Crippen molar-refractivity contribution in [2.24, 2.45) is 11.8 Å². The third-order valence-electron chi connectivity index (χ3n) is 5.09. The van der Waals surface area contributed by atoms with Crippen molar-refractivity contribution in [1.82, 2.24) is 10.2 Å². The third-order valence-corrected chi connectivity index (χ3v) is 5.09. The minimum atomic E-state index is -1.28. The van der Waals surface area contributed by atoms with Crippen molar-refractivity contribution in [3.8, 4) is 0 Å². The van der Waals surface area contributed by atoms with E-state index in [0.717, 1.165) is 12.1 Å². The number of carbonyl (C=O) groups is 1. The van der Waals surface area contributed by atoms with E-state index in [2.05, 4.69) is 48.4 Å². The van der Waals surface area contributed by atoms with Gasteiger partial charge in [-0.25, -0.2) is 4.39 Å². The minimum absolute atomic E-state index is 0.0269. The van der Waals surface area contributed by atoms with Gasteiger partial charge in [0.2, 0.25) is 5.91 Å². The number of carbonyl (C=O) groups excluding carboxylic acids is 1. The Bertz CT molecular complexity index is 734. The predicted molar refractivity (Wildman–Crippen MR) is 115 cm³/mol. The molecule has 0 aromatic heterocycles. The third kappa shape index (κ3) is 6.66. The molecule has 0 aliphatic heterocycles. The number of halogens is 1. The molecule has 0 bridgehead atoms. The molecule has 0 aromatic carbocycles. The number of allylic oxidation sites excluding steroid dienone is 9. The summed E-state index contributed by atoms with van der Waals surface area (Å²) < 4.78 is 13.9. The predicted octanol–water partition coefficient (Wildman–Crippen LogP) is 4.88. The average molecular weight is 385 g/mol. The van der Waals surface area contributed by atoms with Gasteiger partial charge in [0.25, 0.3) is 0 Å². The average Bonchev–Trinajstić information content (AvgIpc) is 2.65. The van der Waals surface area contributed by atoms with Crippen molar-refractivity contribution < 1.29 is 9.18 Å². The van der Waals surface area contributed by atoms with Crippen LogP contribution in [-0.4, -0.2) is 37.1 Å². The minimum Gasteiger partial charge on any atom is -0.390 e. The molecule has 1 amide bonds. The zero-order chi connectivity index (χ0) is 20.7. The molecule has 28 heavy (non-hydrogen) atoms. The highest BCUT2D eigenvalue weighted by Gasteiger charge is 2.24. The van der Waals surface area contributed by atoms with Crippen LogP contribution in [0.4, 0.5) is 4.39 Å². The number of nitrogens with zero attached hydrogens (tertiary/aromatic N) is 1. The van der Waals surface area contributed by atoms with E-state index in [-0.39, 0.29) is 11.8 Å². The maximum absolute atomic E-state index is 13.9. The van der Waals surface area contributed by atoms with Gasteiger partial charge in [0.1, 0.15) is 5.67 Å². The second kappa shape index (κ2) is 9.72. The quantitative estimate of drug-likeness (QED) is 0.575. The monoisotopic (exact) mass is 384 g/mol. The van der Waals surface area contributed by atoms with Gasteiger partial charge in [-0.3, -0.25) is 4.79 Å². The first-order valence-electron chi connectivity index (χ1n) is 9.90. The van der Waals surface area contributed by atoms with E-state index in [9.17, 15) is 9.18 Å². The van der Waals surface area contributed by atoms with Crippen molar-refractivity contribution in [3.63, 3.8) is 0 Å². The Morgan fingerprint density at radius 1 is 1.43 bits per heavy atom. The molecule has 0 heterocycles. The Morgan fingerprint density at radius 3 is 2.86 bits per heavy atom. The summed E-state index contributed by atoms with van der Waals surface area (Å²) in [5.74, 6) is 0.108. The molecule has 0 aromatic rings. The fourth-order valence-electron chi connectivity index (χ4n) is 3.44. The molecule has 0 saturated carbocycles. The molecule has 152 valence electrons. The smallest absolute Gasteiger partial charge is 0.229 e. The topological polar surface area (TPSA) is 32.3 Å². The van der Waals surface area contributed by atoms with Crippen molar-refractivity contribution in [3.05, 3.63) is 72.0 Å². The van der Waals surface area contributed by atoms with Crippen LogP contribution in [0.1, 0.15) is 33.1 Å². The van der Waals surface area contributed by atoms with Crippen LogP contribution in [0.25, 0.3) is 0 Å². The van der Waals surface area contributed by atoms with Gasteiger partial charge < -0.3 is 10.2 Å². The summed E-state index contributed by atoms with van der Waals surface area (Å²) in [7, 11) is 3.58. The van der Waals surface area contributed by atoms with Crippen LogP contribution < -0.4 is 5.32 Å². The highest BCUT2D eigenvalue weighted by Crippen LogP contribution is 2.33. The van der Waals surface area contributed by atoms with E-state index >= 15 is 0 Å². The van der Waals surface area contributed by atoms with Gasteiger partial charge >= 0.3 is 0 Å². The molecule has 2 aliphatic rings. The van der Waals surface area contributed by atoms with Crippen molar-refractivity contribution in [1.29, 1.82) is 0 Å².